The van der Waals surface area contributed by atoms with E-state index in [1.54, 1.807) is 19.1 Å². The van der Waals surface area contributed by atoms with Crippen LogP contribution in [0.3, 0.4) is 0 Å². The Labute approximate surface area is 218 Å². The molecule has 1 N–H and O–H groups in total. The Morgan fingerprint density at radius 2 is 1.89 bits per heavy atom. The van der Waals surface area contributed by atoms with Gasteiger partial charge in [-0.1, -0.05) is 11.6 Å². The van der Waals surface area contributed by atoms with Crippen LogP contribution < -0.4 is 0 Å². The van der Waals surface area contributed by atoms with Crippen LogP contribution in [-0.2, 0) is 28.6 Å². The molecule has 1 spiro atoms. The highest BCUT2D eigenvalue weighted by Gasteiger charge is 2.74. The number of hydrogen-bond acceptors (Lipinski definition) is 7. The molecule has 0 aromatic rings. The Balaban J connectivity index is 1.40. The number of rotatable bonds is 2. The van der Waals surface area contributed by atoms with E-state index in [1.807, 2.05) is 20.8 Å². The molecule has 10 atom stereocenters. The number of ketones is 1. The fraction of sp³-hybridized carbons (Fsp3) is 0.700. The van der Waals surface area contributed by atoms with Gasteiger partial charge < -0.3 is 19.3 Å². The highest BCUT2D eigenvalue weighted by molar-refractivity contribution is 5.99. The zero-order valence-electron chi connectivity index (χ0n) is 22.4. The van der Waals surface area contributed by atoms with E-state index in [9.17, 15) is 19.5 Å². The number of aliphatic hydroxyl groups is 1. The standard InChI is InChI=1S/C30H38O7/c1-15-14-25(36-26(34)16(15)2)29(5)23-10-8-20-18-6-7-21-22(32)9-11-24(33)28(21,4)19(18)12-13-30(20,23)27(37-29)35-17(3)31/h7,9,11,18-20,22-23,25,27,32H,6,8,10,12-14H2,1-5H3/t18-,19+,20+,22+,23-,25-,27-,28-,29-,30-/m1/s1. The summed E-state index contributed by atoms with van der Waals surface area (Å²) in [5.74, 6) is -0.0231. The topological polar surface area (TPSA) is 99.1 Å². The molecule has 0 amide bonds. The quantitative estimate of drug-likeness (QED) is 0.439. The predicted octanol–water partition coefficient (Wildman–Crippen LogP) is 4.19. The lowest BCUT2D eigenvalue weighted by molar-refractivity contribution is -0.231. The molecule has 0 aromatic heterocycles. The van der Waals surface area contributed by atoms with Crippen LogP contribution in [0.15, 0.2) is 34.9 Å². The molecule has 4 aliphatic carbocycles. The van der Waals surface area contributed by atoms with E-state index in [-0.39, 0.29) is 41.4 Å². The van der Waals surface area contributed by atoms with E-state index >= 15 is 0 Å². The highest BCUT2D eigenvalue weighted by atomic mass is 16.7. The van der Waals surface area contributed by atoms with E-state index in [2.05, 4.69) is 6.08 Å². The van der Waals surface area contributed by atoms with Crippen molar-refractivity contribution in [3.05, 3.63) is 34.9 Å². The van der Waals surface area contributed by atoms with Crippen LogP contribution in [0.5, 0.6) is 0 Å². The molecule has 2 heterocycles. The summed E-state index contributed by atoms with van der Waals surface area (Å²) >= 11 is 0. The number of carbonyl (C=O) groups is 3. The lowest BCUT2D eigenvalue weighted by Crippen LogP contribution is -2.56. The first kappa shape index (κ1) is 25.1. The Morgan fingerprint density at radius 3 is 2.59 bits per heavy atom. The Bertz CT molecular complexity index is 1160. The number of aliphatic hydroxyl groups excluding tert-OH is 1. The van der Waals surface area contributed by atoms with Crippen LogP contribution in [-0.4, -0.2) is 46.9 Å². The van der Waals surface area contributed by atoms with Crippen LogP contribution >= 0.6 is 0 Å². The fourth-order valence-corrected chi connectivity index (χ4v) is 9.43. The monoisotopic (exact) mass is 510 g/mol. The maximum absolute atomic E-state index is 13.3. The van der Waals surface area contributed by atoms with Crippen molar-refractivity contribution >= 4 is 17.7 Å². The zero-order chi connectivity index (χ0) is 26.5. The molecule has 2 aliphatic heterocycles. The first-order valence-electron chi connectivity index (χ1n) is 13.8. The third-order valence-corrected chi connectivity index (χ3v) is 11.3. The molecule has 0 radical (unpaired) electrons. The maximum Gasteiger partial charge on any atom is 0.334 e. The third-order valence-electron chi connectivity index (χ3n) is 11.3. The summed E-state index contributed by atoms with van der Waals surface area (Å²) < 4.78 is 18.6. The van der Waals surface area contributed by atoms with Gasteiger partial charge in [-0.25, -0.2) is 4.79 Å². The number of carbonyl (C=O) groups excluding carboxylic acids is 3. The summed E-state index contributed by atoms with van der Waals surface area (Å²) in [7, 11) is 0. The van der Waals surface area contributed by atoms with E-state index < -0.39 is 34.9 Å². The minimum absolute atomic E-state index is 0.0602. The number of ether oxygens (including phenoxy) is 3. The SMILES string of the molecule is CC(=O)O[C@@H]1O[C@@](C)([C@H]2CC(C)=C(C)C(=O)O2)[C@H]2CC[C@H]3[C@@H]4CC=C5[C@@H](O)C=CC(=O)[C@]5(C)[C@H]4CC[C@]123. The Hall–Kier alpha value is -2.25. The molecule has 6 rings (SSSR count). The number of esters is 2. The lowest BCUT2D eigenvalue weighted by atomic mass is 9.46. The number of allylic oxidation sites excluding steroid dienone is 2. The summed E-state index contributed by atoms with van der Waals surface area (Å²) in [6, 6.07) is 0. The van der Waals surface area contributed by atoms with Crippen molar-refractivity contribution in [3.8, 4) is 0 Å². The highest BCUT2D eigenvalue weighted by Crippen LogP contribution is 2.72. The number of cyclic esters (lactones) is 1. The molecule has 7 nitrogen and oxygen atoms in total. The smallest absolute Gasteiger partial charge is 0.334 e. The van der Waals surface area contributed by atoms with Crippen molar-refractivity contribution in [2.75, 3.05) is 0 Å². The van der Waals surface area contributed by atoms with Crippen LogP contribution in [0.1, 0.15) is 73.1 Å². The summed E-state index contributed by atoms with van der Waals surface area (Å²) in [6.45, 7) is 9.23. The summed E-state index contributed by atoms with van der Waals surface area (Å²) in [5.41, 5.74) is 0.608. The van der Waals surface area contributed by atoms with Crippen molar-refractivity contribution in [3.63, 3.8) is 0 Å². The van der Waals surface area contributed by atoms with E-state index in [0.29, 0.717) is 12.0 Å². The molecule has 0 unspecified atom stereocenters. The summed E-state index contributed by atoms with van der Waals surface area (Å²) in [6.07, 6.45) is 8.15. The largest absolute Gasteiger partial charge is 0.456 e. The molecule has 0 aromatic carbocycles. The Kier molecular flexibility index (Phi) is 5.50. The second kappa shape index (κ2) is 8.12. The summed E-state index contributed by atoms with van der Waals surface area (Å²) in [4.78, 5) is 38.3. The predicted molar refractivity (Wildman–Crippen MR) is 134 cm³/mol. The molecule has 37 heavy (non-hydrogen) atoms. The molecule has 200 valence electrons. The second-order valence-electron chi connectivity index (χ2n) is 12.7. The van der Waals surface area contributed by atoms with Crippen LogP contribution in [0.2, 0.25) is 0 Å². The van der Waals surface area contributed by atoms with Gasteiger partial charge in [-0.05, 0) is 95.3 Å². The molecule has 1 saturated heterocycles. The van der Waals surface area contributed by atoms with Gasteiger partial charge in [0, 0.05) is 30.3 Å². The van der Waals surface area contributed by atoms with Gasteiger partial charge in [0.15, 0.2) is 5.78 Å². The van der Waals surface area contributed by atoms with Gasteiger partial charge in [-0.3, -0.25) is 9.59 Å². The number of hydrogen-bond donors (Lipinski definition) is 1. The van der Waals surface area contributed by atoms with Crippen molar-refractivity contribution < 1.29 is 33.7 Å². The van der Waals surface area contributed by atoms with Crippen LogP contribution in [0.25, 0.3) is 0 Å². The first-order valence-corrected chi connectivity index (χ1v) is 13.8. The molecule has 7 heteroatoms. The normalized spacial score (nSPS) is 48.5. The van der Waals surface area contributed by atoms with Gasteiger partial charge in [0.25, 0.3) is 0 Å². The van der Waals surface area contributed by atoms with Crippen molar-refractivity contribution in [1.29, 1.82) is 0 Å². The maximum atomic E-state index is 13.3. The minimum atomic E-state index is -0.779. The zero-order valence-corrected chi connectivity index (χ0v) is 22.4. The van der Waals surface area contributed by atoms with E-state index in [1.165, 1.54) is 6.92 Å². The average Bonchev–Trinajstić information content (AvgIpc) is 3.35. The Morgan fingerprint density at radius 1 is 1.14 bits per heavy atom. The van der Waals surface area contributed by atoms with Gasteiger partial charge in [-0.2, -0.15) is 0 Å². The molecule has 0 bridgehead atoms. The molecular formula is C30H38O7. The lowest BCUT2D eigenvalue weighted by Gasteiger charge is -2.56. The second-order valence-corrected chi connectivity index (χ2v) is 12.7. The van der Waals surface area contributed by atoms with Crippen LogP contribution in [0, 0.1) is 34.5 Å². The van der Waals surface area contributed by atoms with Gasteiger partial charge in [0.1, 0.15) is 11.7 Å². The van der Waals surface area contributed by atoms with Gasteiger partial charge >= 0.3 is 11.9 Å². The van der Waals surface area contributed by atoms with Gasteiger partial charge in [-0.15, -0.1) is 0 Å². The average molecular weight is 511 g/mol. The van der Waals surface area contributed by atoms with Crippen molar-refractivity contribution in [2.45, 2.75) is 97.2 Å². The number of fused-ring (bicyclic) bond motifs is 4. The fourth-order valence-electron chi connectivity index (χ4n) is 9.43. The summed E-state index contributed by atoms with van der Waals surface area (Å²) in [5, 5.41) is 10.7. The minimum Gasteiger partial charge on any atom is -0.456 e. The molecule has 2 saturated carbocycles. The van der Waals surface area contributed by atoms with Crippen molar-refractivity contribution in [2.24, 2.45) is 34.5 Å². The van der Waals surface area contributed by atoms with E-state index in [4.69, 9.17) is 14.2 Å². The van der Waals surface area contributed by atoms with Crippen LogP contribution in [0.4, 0.5) is 0 Å². The third kappa shape index (κ3) is 3.16. The van der Waals surface area contributed by atoms with E-state index in [0.717, 1.165) is 43.3 Å². The first-order chi connectivity index (χ1) is 17.4. The molecule has 3 fully saturated rings. The van der Waals surface area contributed by atoms with Gasteiger partial charge in [0.05, 0.1) is 11.5 Å². The van der Waals surface area contributed by atoms with Gasteiger partial charge in [0.2, 0.25) is 6.29 Å². The molecular weight excluding hydrogens is 472 g/mol. The van der Waals surface area contributed by atoms with Crippen molar-refractivity contribution in [1.82, 2.24) is 0 Å². The molecule has 6 aliphatic rings.